The first-order valence-electron chi connectivity index (χ1n) is 6.14. The van der Waals surface area contributed by atoms with Crippen molar-refractivity contribution < 1.29 is 14.7 Å². The van der Waals surface area contributed by atoms with E-state index in [2.05, 4.69) is 5.32 Å². The van der Waals surface area contributed by atoms with Gasteiger partial charge in [0.15, 0.2) is 0 Å². The average Bonchev–Trinajstić information content (AvgIpc) is 2.74. The van der Waals surface area contributed by atoms with Gasteiger partial charge in [-0.3, -0.25) is 4.79 Å². The predicted octanol–water partition coefficient (Wildman–Crippen LogP) is 3.24. The van der Waals surface area contributed by atoms with E-state index in [1.54, 1.807) is 12.3 Å². The maximum absolute atomic E-state index is 12.1. The number of amides is 1. The van der Waals surface area contributed by atoms with Crippen molar-refractivity contribution in [2.45, 2.75) is 20.3 Å². The number of hydrogen-bond acceptors (Lipinski definition) is 3. The molecule has 0 fully saturated rings. The molecule has 0 bridgehead atoms. The molecule has 5 heteroatoms. The number of benzene rings is 1. The molecule has 0 unspecified atom stereocenters. The smallest absolute Gasteiger partial charge is 0.348 e. The molecule has 1 amide bonds. The summed E-state index contributed by atoms with van der Waals surface area (Å²) in [7, 11) is 0. The van der Waals surface area contributed by atoms with E-state index < -0.39 is 5.97 Å². The first-order chi connectivity index (χ1) is 9.49. The monoisotopic (exact) mass is 289 g/mol. The zero-order chi connectivity index (χ0) is 14.7. The van der Waals surface area contributed by atoms with Gasteiger partial charge < -0.3 is 10.4 Å². The Bertz CT molecular complexity index is 661. The molecule has 1 aromatic heterocycles. The Balaban J connectivity index is 2.15. The average molecular weight is 289 g/mol. The number of carboxylic acid groups (broad SMARTS) is 1. The molecular weight excluding hydrogens is 274 g/mol. The number of thiophene rings is 1. The van der Waals surface area contributed by atoms with Crippen molar-refractivity contribution in [1.29, 1.82) is 0 Å². The highest BCUT2D eigenvalue weighted by Crippen LogP contribution is 2.27. The highest BCUT2D eigenvalue weighted by molar-refractivity contribution is 7.12. The van der Waals surface area contributed by atoms with Gasteiger partial charge >= 0.3 is 5.97 Å². The first-order valence-corrected chi connectivity index (χ1v) is 7.02. The fourth-order valence-corrected chi connectivity index (χ4v) is 2.77. The second-order valence-corrected chi connectivity index (χ2v) is 5.46. The van der Waals surface area contributed by atoms with Crippen LogP contribution in [0.3, 0.4) is 0 Å². The van der Waals surface area contributed by atoms with E-state index in [0.717, 1.165) is 28.0 Å². The van der Waals surface area contributed by atoms with Gasteiger partial charge in [0.1, 0.15) is 4.88 Å². The van der Waals surface area contributed by atoms with Crippen LogP contribution in [0.15, 0.2) is 29.6 Å². The van der Waals surface area contributed by atoms with Gasteiger partial charge in [0.2, 0.25) is 5.91 Å². The number of carbonyl (C=O) groups is 2. The molecule has 0 saturated heterocycles. The van der Waals surface area contributed by atoms with E-state index in [-0.39, 0.29) is 17.2 Å². The van der Waals surface area contributed by atoms with Gasteiger partial charge in [-0.1, -0.05) is 24.3 Å². The number of carbonyl (C=O) groups excluding carboxylic acids is 1. The summed E-state index contributed by atoms with van der Waals surface area (Å²) in [6.07, 6.45) is 0.237. The molecule has 2 aromatic rings. The molecule has 0 aliphatic carbocycles. The van der Waals surface area contributed by atoms with Crippen molar-refractivity contribution in [2.24, 2.45) is 0 Å². The van der Waals surface area contributed by atoms with Crippen LogP contribution in [0.4, 0.5) is 5.69 Å². The molecule has 0 radical (unpaired) electrons. The molecule has 1 aromatic carbocycles. The number of aromatic carboxylic acids is 1. The largest absolute Gasteiger partial charge is 0.477 e. The number of hydrogen-bond donors (Lipinski definition) is 2. The highest BCUT2D eigenvalue weighted by Gasteiger charge is 2.17. The minimum atomic E-state index is -1.02. The van der Waals surface area contributed by atoms with Crippen LogP contribution in [0.25, 0.3) is 0 Å². The number of aryl methyl sites for hydroxylation is 2. The molecule has 0 aliphatic rings. The third kappa shape index (κ3) is 3.05. The van der Waals surface area contributed by atoms with Crippen LogP contribution in [0.1, 0.15) is 26.4 Å². The van der Waals surface area contributed by atoms with Gasteiger partial charge in [-0.2, -0.15) is 0 Å². The zero-order valence-electron chi connectivity index (χ0n) is 11.3. The molecule has 4 nitrogen and oxygen atoms in total. The fraction of sp³-hybridized carbons (Fsp3) is 0.200. The third-order valence-electron chi connectivity index (χ3n) is 3.05. The lowest BCUT2D eigenvalue weighted by atomic mass is 10.1. The summed E-state index contributed by atoms with van der Waals surface area (Å²) in [5.74, 6) is -1.22. The Morgan fingerprint density at radius 1 is 1.20 bits per heavy atom. The normalized spacial score (nSPS) is 10.3. The number of rotatable bonds is 4. The molecule has 0 saturated carbocycles. The fourth-order valence-electron chi connectivity index (χ4n) is 1.92. The van der Waals surface area contributed by atoms with E-state index in [0.29, 0.717) is 5.69 Å². The molecule has 1 heterocycles. The Morgan fingerprint density at radius 3 is 2.55 bits per heavy atom. The second-order valence-electron chi connectivity index (χ2n) is 4.58. The van der Waals surface area contributed by atoms with Crippen molar-refractivity contribution in [3.8, 4) is 0 Å². The van der Waals surface area contributed by atoms with Crippen LogP contribution in [-0.2, 0) is 11.2 Å². The summed E-state index contributed by atoms with van der Waals surface area (Å²) < 4.78 is 0. The van der Waals surface area contributed by atoms with Crippen LogP contribution < -0.4 is 5.32 Å². The molecule has 2 N–H and O–H groups in total. The summed E-state index contributed by atoms with van der Waals surface area (Å²) in [6, 6.07) is 7.64. The Labute approximate surface area is 121 Å². The summed E-state index contributed by atoms with van der Waals surface area (Å²) in [4.78, 5) is 23.3. The number of nitrogens with one attached hydrogen (secondary N) is 1. The molecule has 0 aliphatic heterocycles. The minimum absolute atomic E-state index is 0.167. The molecule has 0 spiro atoms. The van der Waals surface area contributed by atoms with Crippen LogP contribution in [0, 0.1) is 13.8 Å². The summed E-state index contributed by atoms with van der Waals surface area (Å²) in [6.45, 7) is 3.73. The van der Waals surface area contributed by atoms with Gasteiger partial charge in [-0.05, 0) is 35.9 Å². The Kier molecular flexibility index (Phi) is 4.20. The van der Waals surface area contributed by atoms with E-state index in [9.17, 15) is 9.59 Å². The van der Waals surface area contributed by atoms with Gasteiger partial charge in [-0.25, -0.2) is 4.79 Å². The molecule has 20 heavy (non-hydrogen) atoms. The molecule has 104 valence electrons. The van der Waals surface area contributed by atoms with Gasteiger partial charge in [-0.15, -0.1) is 11.3 Å². The maximum atomic E-state index is 12.1. The quantitative estimate of drug-likeness (QED) is 0.908. The third-order valence-corrected chi connectivity index (χ3v) is 4.13. The number of carboxylic acids is 1. The standard InChI is InChI=1S/C15H15NO3S/c1-9-5-3-4-6-11(9)7-12(17)16-13-10(2)8-20-14(13)15(18)19/h3-6,8H,7H2,1-2H3,(H,16,17)(H,18,19). The SMILES string of the molecule is Cc1ccccc1CC(=O)Nc1c(C)csc1C(=O)O. The van der Waals surface area contributed by atoms with E-state index in [1.807, 2.05) is 31.2 Å². The van der Waals surface area contributed by atoms with Crippen molar-refractivity contribution in [3.05, 3.63) is 51.2 Å². The topological polar surface area (TPSA) is 66.4 Å². The maximum Gasteiger partial charge on any atom is 0.348 e. The van der Waals surface area contributed by atoms with Crippen LogP contribution in [0.2, 0.25) is 0 Å². The van der Waals surface area contributed by atoms with Gasteiger partial charge in [0, 0.05) is 0 Å². The highest BCUT2D eigenvalue weighted by atomic mass is 32.1. The lowest BCUT2D eigenvalue weighted by Gasteiger charge is -2.08. The lowest BCUT2D eigenvalue weighted by molar-refractivity contribution is -0.115. The van der Waals surface area contributed by atoms with Crippen molar-refractivity contribution >= 4 is 28.9 Å². The summed E-state index contributed by atoms with van der Waals surface area (Å²) >= 11 is 1.12. The number of anilines is 1. The van der Waals surface area contributed by atoms with Crippen LogP contribution in [-0.4, -0.2) is 17.0 Å². The van der Waals surface area contributed by atoms with Gasteiger partial charge in [0.05, 0.1) is 12.1 Å². The summed E-state index contributed by atoms with van der Waals surface area (Å²) in [5.41, 5.74) is 3.16. The first kappa shape index (κ1) is 14.3. The van der Waals surface area contributed by atoms with Crippen LogP contribution >= 0.6 is 11.3 Å². The van der Waals surface area contributed by atoms with E-state index >= 15 is 0 Å². The Morgan fingerprint density at radius 2 is 1.90 bits per heavy atom. The van der Waals surface area contributed by atoms with Crippen molar-refractivity contribution in [1.82, 2.24) is 0 Å². The zero-order valence-corrected chi connectivity index (χ0v) is 12.1. The minimum Gasteiger partial charge on any atom is -0.477 e. The molecular formula is C15H15NO3S. The second kappa shape index (κ2) is 5.88. The van der Waals surface area contributed by atoms with E-state index in [1.165, 1.54) is 0 Å². The molecule has 2 rings (SSSR count). The van der Waals surface area contributed by atoms with Crippen molar-refractivity contribution in [2.75, 3.05) is 5.32 Å². The van der Waals surface area contributed by atoms with Crippen LogP contribution in [0.5, 0.6) is 0 Å². The van der Waals surface area contributed by atoms with Gasteiger partial charge in [0.25, 0.3) is 0 Å². The van der Waals surface area contributed by atoms with Crippen molar-refractivity contribution in [3.63, 3.8) is 0 Å². The molecule has 0 atom stereocenters. The summed E-state index contributed by atoms with van der Waals surface area (Å²) in [5, 5.41) is 13.5. The Hall–Kier alpha value is -2.14. The lowest BCUT2D eigenvalue weighted by Crippen LogP contribution is -2.16. The van der Waals surface area contributed by atoms with E-state index in [4.69, 9.17) is 5.11 Å². The predicted molar refractivity (Wildman–Crippen MR) is 79.5 cm³/mol.